The van der Waals surface area contributed by atoms with E-state index in [2.05, 4.69) is 46.0 Å². The van der Waals surface area contributed by atoms with E-state index in [0.717, 1.165) is 0 Å². The Hall–Kier alpha value is -0.500. The molecule has 0 unspecified atom stereocenters. The van der Waals surface area contributed by atoms with Crippen LogP contribution in [0, 0.1) is 6.92 Å². The minimum Gasteiger partial charge on any atom is -0.371 e. The summed E-state index contributed by atoms with van der Waals surface area (Å²) in [6, 6.07) is 6.44. The van der Waals surface area contributed by atoms with Crippen molar-refractivity contribution >= 4 is 21.6 Å². The third-order valence-corrected chi connectivity index (χ3v) is 3.54. The van der Waals surface area contributed by atoms with Gasteiger partial charge >= 0.3 is 0 Å². The van der Waals surface area contributed by atoms with Gasteiger partial charge in [0.1, 0.15) is 0 Å². The minimum atomic E-state index is 1.22. The molecule has 2 heteroatoms. The first-order valence-electron chi connectivity index (χ1n) is 4.79. The summed E-state index contributed by atoms with van der Waals surface area (Å²) in [5, 5.41) is 0. The van der Waals surface area contributed by atoms with Crippen molar-refractivity contribution in [2.24, 2.45) is 0 Å². The Balaban J connectivity index is 2.33. The normalized spacial score (nSPS) is 16.6. The Labute approximate surface area is 87.9 Å². The number of benzene rings is 1. The maximum atomic E-state index is 3.57. The molecule has 70 valence electrons. The van der Waals surface area contributed by atoms with E-state index < -0.39 is 0 Å². The molecule has 0 spiro atoms. The topological polar surface area (TPSA) is 3.24 Å². The van der Waals surface area contributed by atoms with E-state index in [1.54, 1.807) is 0 Å². The summed E-state index contributed by atoms with van der Waals surface area (Å²) in [6.07, 6.45) is 2.68. The van der Waals surface area contributed by atoms with Crippen LogP contribution in [0.15, 0.2) is 22.7 Å². The molecule has 0 aromatic heterocycles. The molecule has 0 amide bonds. The van der Waals surface area contributed by atoms with Crippen molar-refractivity contribution in [2.45, 2.75) is 19.8 Å². The van der Waals surface area contributed by atoms with Crippen molar-refractivity contribution in [3.05, 3.63) is 28.2 Å². The number of halogens is 1. The third-order valence-electron chi connectivity index (χ3n) is 2.69. The quantitative estimate of drug-likeness (QED) is 0.727. The summed E-state index contributed by atoms with van der Waals surface area (Å²) < 4.78 is 1.22. The lowest BCUT2D eigenvalue weighted by molar-refractivity contribution is 0.949. The van der Waals surface area contributed by atoms with Crippen LogP contribution in [0.2, 0.25) is 0 Å². The number of hydrogen-bond donors (Lipinski definition) is 0. The van der Waals surface area contributed by atoms with Crippen molar-refractivity contribution in [1.29, 1.82) is 0 Å². The van der Waals surface area contributed by atoms with Crippen LogP contribution in [0.5, 0.6) is 0 Å². The van der Waals surface area contributed by atoms with E-state index in [9.17, 15) is 0 Å². The fourth-order valence-electron chi connectivity index (χ4n) is 1.90. The second kappa shape index (κ2) is 3.70. The highest BCUT2D eigenvalue weighted by Gasteiger charge is 2.14. The van der Waals surface area contributed by atoms with Crippen LogP contribution < -0.4 is 4.90 Å². The zero-order valence-corrected chi connectivity index (χ0v) is 9.47. The number of anilines is 1. The highest BCUT2D eigenvalue weighted by molar-refractivity contribution is 9.10. The zero-order valence-electron chi connectivity index (χ0n) is 7.89. The van der Waals surface area contributed by atoms with Gasteiger partial charge in [0.25, 0.3) is 0 Å². The molecule has 2 rings (SSSR count). The lowest BCUT2D eigenvalue weighted by Gasteiger charge is -2.20. The van der Waals surface area contributed by atoms with E-state index in [1.807, 2.05) is 0 Å². The molecular formula is C11H14BrN. The van der Waals surface area contributed by atoms with Crippen molar-refractivity contribution < 1.29 is 0 Å². The van der Waals surface area contributed by atoms with E-state index in [1.165, 1.54) is 41.7 Å². The Morgan fingerprint density at radius 2 is 1.92 bits per heavy atom. The van der Waals surface area contributed by atoms with Crippen LogP contribution in [-0.4, -0.2) is 13.1 Å². The molecule has 1 aromatic carbocycles. The van der Waals surface area contributed by atoms with Crippen LogP contribution in [0.3, 0.4) is 0 Å². The predicted molar refractivity (Wildman–Crippen MR) is 60.3 cm³/mol. The van der Waals surface area contributed by atoms with Gasteiger partial charge in [0, 0.05) is 23.2 Å². The maximum Gasteiger partial charge on any atom is 0.0407 e. The fraction of sp³-hybridized carbons (Fsp3) is 0.455. The molecule has 0 saturated carbocycles. The summed E-state index contributed by atoms with van der Waals surface area (Å²) in [5.74, 6) is 0. The summed E-state index contributed by atoms with van der Waals surface area (Å²) in [5.41, 5.74) is 2.76. The fourth-order valence-corrected chi connectivity index (χ4v) is 2.25. The van der Waals surface area contributed by atoms with Crippen molar-refractivity contribution in [1.82, 2.24) is 0 Å². The largest absolute Gasteiger partial charge is 0.371 e. The Kier molecular flexibility index (Phi) is 2.58. The zero-order chi connectivity index (χ0) is 9.26. The van der Waals surface area contributed by atoms with Gasteiger partial charge in [0.05, 0.1) is 0 Å². The number of nitrogens with zero attached hydrogens (tertiary/aromatic N) is 1. The van der Waals surface area contributed by atoms with Crippen LogP contribution in [0.1, 0.15) is 18.4 Å². The summed E-state index contributed by atoms with van der Waals surface area (Å²) in [7, 11) is 0. The lowest BCUT2D eigenvalue weighted by atomic mass is 10.2. The molecule has 1 heterocycles. The Morgan fingerprint density at radius 1 is 1.23 bits per heavy atom. The van der Waals surface area contributed by atoms with Gasteiger partial charge in [0.15, 0.2) is 0 Å². The first kappa shape index (κ1) is 9.07. The first-order chi connectivity index (χ1) is 6.29. The van der Waals surface area contributed by atoms with Crippen molar-refractivity contribution in [2.75, 3.05) is 18.0 Å². The Morgan fingerprint density at radius 3 is 2.62 bits per heavy atom. The molecule has 0 atom stereocenters. The minimum absolute atomic E-state index is 1.22. The Bertz CT molecular complexity index is 303. The predicted octanol–water partition coefficient (Wildman–Crippen LogP) is 3.36. The lowest BCUT2D eigenvalue weighted by Crippen LogP contribution is -2.18. The molecule has 0 N–H and O–H groups in total. The average Bonchev–Trinajstić information content (AvgIpc) is 2.62. The second-order valence-electron chi connectivity index (χ2n) is 3.58. The van der Waals surface area contributed by atoms with Crippen molar-refractivity contribution in [3.63, 3.8) is 0 Å². The molecule has 1 aromatic rings. The molecule has 13 heavy (non-hydrogen) atoms. The van der Waals surface area contributed by atoms with Gasteiger partial charge < -0.3 is 4.90 Å². The van der Waals surface area contributed by atoms with Crippen molar-refractivity contribution in [3.8, 4) is 0 Å². The summed E-state index contributed by atoms with van der Waals surface area (Å²) in [6.45, 7) is 4.62. The molecule has 1 saturated heterocycles. The van der Waals surface area contributed by atoms with Gasteiger partial charge in [-0.25, -0.2) is 0 Å². The molecule has 1 aliphatic heterocycles. The molecular weight excluding hydrogens is 226 g/mol. The van der Waals surface area contributed by atoms with Gasteiger partial charge in [-0.1, -0.05) is 22.0 Å². The van der Waals surface area contributed by atoms with Gasteiger partial charge in [-0.2, -0.15) is 0 Å². The van der Waals surface area contributed by atoms with Crippen LogP contribution >= 0.6 is 15.9 Å². The smallest absolute Gasteiger partial charge is 0.0407 e. The molecule has 1 fully saturated rings. The first-order valence-corrected chi connectivity index (χ1v) is 5.58. The SMILES string of the molecule is Cc1c(Br)cccc1N1CCCC1. The summed E-state index contributed by atoms with van der Waals surface area (Å²) in [4.78, 5) is 2.47. The molecule has 0 bridgehead atoms. The molecule has 1 aliphatic rings. The van der Waals surface area contributed by atoms with E-state index in [-0.39, 0.29) is 0 Å². The number of hydrogen-bond acceptors (Lipinski definition) is 1. The van der Waals surface area contributed by atoms with Gasteiger partial charge in [-0.05, 0) is 37.5 Å². The highest BCUT2D eigenvalue weighted by atomic mass is 79.9. The van der Waals surface area contributed by atoms with E-state index in [4.69, 9.17) is 0 Å². The van der Waals surface area contributed by atoms with Gasteiger partial charge in [0.2, 0.25) is 0 Å². The van der Waals surface area contributed by atoms with Gasteiger partial charge in [-0.3, -0.25) is 0 Å². The third kappa shape index (κ3) is 1.73. The molecule has 0 radical (unpaired) electrons. The monoisotopic (exact) mass is 239 g/mol. The van der Waals surface area contributed by atoms with Crippen LogP contribution in [0.25, 0.3) is 0 Å². The second-order valence-corrected chi connectivity index (χ2v) is 4.43. The van der Waals surface area contributed by atoms with Crippen LogP contribution in [0.4, 0.5) is 5.69 Å². The van der Waals surface area contributed by atoms with Gasteiger partial charge in [-0.15, -0.1) is 0 Å². The average molecular weight is 240 g/mol. The number of rotatable bonds is 1. The molecule has 0 aliphatic carbocycles. The van der Waals surface area contributed by atoms with Crippen LogP contribution in [-0.2, 0) is 0 Å². The maximum absolute atomic E-state index is 3.57. The molecule has 1 nitrogen and oxygen atoms in total. The standard InChI is InChI=1S/C11H14BrN/c1-9-10(12)5-4-6-11(9)13-7-2-3-8-13/h4-6H,2-3,7-8H2,1H3. The summed E-state index contributed by atoms with van der Waals surface area (Å²) >= 11 is 3.57. The van der Waals surface area contributed by atoms with E-state index >= 15 is 0 Å². The highest BCUT2D eigenvalue weighted by Crippen LogP contribution is 2.28. The van der Waals surface area contributed by atoms with E-state index in [0.29, 0.717) is 0 Å².